The van der Waals surface area contributed by atoms with Crippen molar-refractivity contribution in [3.63, 3.8) is 0 Å². The number of ether oxygens (including phenoxy) is 1. The molecule has 1 N–H and O–H groups in total. The van der Waals surface area contributed by atoms with Gasteiger partial charge in [-0.3, -0.25) is 4.98 Å². The predicted molar refractivity (Wildman–Crippen MR) is 89.6 cm³/mol. The Balaban J connectivity index is 2.15. The number of pyridine rings is 1. The fourth-order valence-corrected chi connectivity index (χ4v) is 2.47. The molecule has 0 saturated carbocycles. The number of likely N-dealkylation sites (N-methyl/N-ethyl adjacent to an activating group) is 1. The Kier molecular flexibility index (Phi) is 5.76. The van der Waals surface area contributed by atoms with Gasteiger partial charge in [0, 0.05) is 16.7 Å². The van der Waals surface area contributed by atoms with Crippen LogP contribution in [0.2, 0.25) is 0 Å². The first kappa shape index (κ1) is 16.0. The minimum absolute atomic E-state index is 0.154. The Hall–Kier alpha value is -1.39. The standard InChI is InChI=1S/C17H21BrN2O/c1-12(2)21-16-9-14(10-20-11-16)17(19-3)8-13-4-6-15(18)7-5-13/h4-7,9-12,17,19H,8H2,1-3H3. The average Bonchev–Trinajstić information content (AvgIpc) is 2.46. The van der Waals surface area contributed by atoms with Gasteiger partial charge in [0.25, 0.3) is 0 Å². The Morgan fingerprint density at radius 3 is 2.52 bits per heavy atom. The number of nitrogens with zero attached hydrogens (tertiary/aromatic N) is 1. The summed E-state index contributed by atoms with van der Waals surface area (Å²) < 4.78 is 6.82. The molecule has 1 heterocycles. The molecule has 1 aromatic heterocycles. The third-order valence-corrected chi connectivity index (χ3v) is 3.74. The summed E-state index contributed by atoms with van der Waals surface area (Å²) in [5, 5.41) is 3.35. The number of nitrogens with one attached hydrogen (secondary N) is 1. The monoisotopic (exact) mass is 348 g/mol. The minimum Gasteiger partial charge on any atom is -0.489 e. The number of benzene rings is 1. The van der Waals surface area contributed by atoms with Crippen LogP contribution in [0.5, 0.6) is 5.75 Å². The van der Waals surface area contributed by atoms with Gasteiger partial charge in [-0.1, -0.05) is 28.1 Å². The van der Waals surface area contributed by atoms with Gasteiger partial charge in [0.15, 0.2) is 0 Å². The number of aromatic nitrogens is 1. The van der Waals surface area contributed by atoms with Gasteiger partial charge in [-0.05, 0) is 56.6 Å². The molecule has 0 spiro atoms. The molecule has 1 aromatic carbocycles. The van der Waals surface area contributed by atoms with Crippen molar-refractivity contribution in [3.05, 3.63) is 58.3 Å². The van der Waals surface area contributed by atoms with Crippen molar-refractivity contribution in [2.75, 3.05) is 7.05 Å². The van der Waals surface area contributed by atoms with Gasteiger partial charge in [-0.15, -0.1) is 0 Å². The second-order valence-electron chi connectivity index (χ2n) is 5.29. The Bertz CT molecular complexity index is 569. The molecule has 0 aliphatic heterocycles. The highest BCUT2D eigenvalue weighted by molar-refractivity contribution is 9.10. The normalized spacial score (nSPS) is 12.4. The second-order valence-corrected chi connectivity index (χ2v) is 6.21. The fraction of sp³-hybridized carbons (Fsp3) is 0.353. The van der Waals surface area contributed by atoms with Gasteiger partial charge in [-0.25, -0.2) is 0 Å². The van der Waals surface area contributed by atoms with Gasteiger partial charge < -0.3 is 10.1 Å². The predicted octanol–water partition coefficient (Wildman–Crippen LogP) is 4.13. The third-order valence-electron chi connectivity index (χ3n) is 3.21. The molecule has 3 nitrogen and oxygen atoms in total. The van der Waals surface area contributed by atoms with Crippen LogP contribution in [0.4, 0.5) is 0 Å². The van der Waals surface area contributed by atoms with Crippen LogP contribution in [0.25, 0.3) is 0 Å². The number of hydrogen-bond donors (Lipinski definition) is 1. The lowest BCUT2D eigenvalue weighted by molar-refractivity contribution is 0.241. The van der Waals surface area contributed by atoms with Crippen molar-refractivity contribution in [1.82, 2.24) is 10.3 Å². The maximum atomic E-state index is 5.72. The molecule has 0 aliphatic rings. The molecule has 0 radical (unpaired) electrons. The summed E-state index contributed by atoms with van der Waals surface area (Å²) in [6, 6.07) is 10.7. The van der Waals surface area contributed by atoms with E-state index in [2.05, 4.69) is 56.6 Å². The molecular formula is C17H21BrN2O. The van der Waals surface area contributed by atoms with E-state index >= 15 is 0 Å². The fourth-order valence-electron chi connectivity index (χ4n) is 2.21. The topological polar surface area (TPSA) is 34.2 Å². The first-order valence-electron chi connectivity index (χ1n) is 7.12. The number of rotatable bonds is 6. The summed E-state index contributed by atoms with van der Waals surface area (Å²) in [7, 11) is 1.97. The molecule has 4 heteroatoms. The molecule has 2 aromatic rings. The van der Waals surface area contributed by atoms with Crippen LogP contribution < -0.4 is 10.1 Å². The summed E-state index contributed by atoms with van der Waals surface area (Å²) in [6.45, 7) is 4.04. The van der Waals surface area contributed by atoms with Crippen LogP contribution in [0.3, 0.4) is 0 Å². The average molecular weight is 349 g/mol. The molecular weight excluding hydrogens is 328 g/mol. The van der Waals surface area contributed by atoms with Crippen LogP contribution in [0, 0.1) is 0 Å². The summed E-state index contributed by atoms with van der Waals surface area (Å²) in [4.78, 5) is 4.29. The molecule has 2 rings (SSSR count). The minimum atomic E-state index is 0.154. The molecule has 21 heavy (non-hydrogen) atoms. The van der Waals surface area contributed by atoms with Crippen LogP contribution in [-0.2, 0) is 6.42 Å². The highest BCUT2D eigenvalue weighted by atomic mass is 79.9. The van der Waals surface area contributed by atoms with Crippen molar-refractivity contribution in [1.29, 1.82) is 0 Å². The molecule has 0 bridgehead atoms. The largest absolute Gasteiger partial charge is 0.489 e. The maximum Gasteiger partial charge on any atom is 0.138 e. The lowest BCUT2D eigenvalue weighted by atomic mass is 10.0. The van der Waals surface area contributed by atoms with E-state index in [-0.39, 0.29) is 12.1 Å². The van der Waals surface area contributed by atoms with E-state index in [9.17, 15) is 0 Å². The molecule has 1 atom stereocenters. The second kappa shape index (κ2) is 7.57. The zero-order valence-electron chi connectivity index (χ0n) is 12.6. The molecule has 1 unspecified atom stereocenters. The Morgan fingerprint density at radius 1 is 1.19 bits per heavy atom. The van der Waals surface area contributed by atoms with Crippen molar-refractivity contribution >= 4 is 15.9 Å². The van der Waals surface area contributed by atoms with E-state index in [1.807, 2.05) is 27.1 Å². The quantitative estimate of drug-likeness (QED) is 0.851. The SMILES string of the molecule is CNC(Cc1ccc(Br)cc1)c1cncc(OC(C)C)c1. The van der Waals surface area contributed by atoms with Crippen molar-refractivity contribution in [3.8, 4) is 5.75 Å². The van der Waals surface area contributed by atoms with Gasteiger partial charge in [0.1, 0.15) is 5.75 Å². The van der Waals surface area contributed by atoms with Gasteiger partial charge >= 0.3 is 0 Å². The van der Waals surface area contributed by atoms with Gasteiger partial charge in [-0.2, -0.15) is 0 Å². The van der Waals surface area contributed by atoms with E-state index in [0.717, 1.165) is 22.2 Å². The molecule has 0 fully saturated rings. The van der Waals surface area contributed by atoms with Crippen LogP contribution >= 0.6 is 15.9 Å². The summed E-state index contributed by atoms with van der Waals surface area (Å²) >= 11 is 3.46. The maximum absolute atomic E-state index is 5.72. The van der Waals surface area contributed by atoms with Crippen molar-refractivity contribution in [2.45, 2.75) is 32.4 Å². The van der Waals surface area contributed by atoms with Crippen molar-refractivity contribution in [2.24, 2.45) is 0 Å². The van der Waals surface area contributed by atoms with Crippen LogP contribution in [0.15, 0.2) is 47.2 Å². The van der Waals surface area contributed by atoms with Gasteiger partial charge in [0.2, 0.25) is 0 Å². The van der Waals surface area contributed by atoms with E-state index in [4.69, 9.17) is 4.74 Å². The van der Waals surface area contributed by atoms with Gasteiger partial charge in [0.05, 0.1) is 12.3 Å². The van der Waals surface area contributed by atoms with Crippen molar-refractivity contribution < 1.29 is 4.74 Å². The van der Waals surface area contributed by atoms with E-state index in [1.165, 1.54) is 5.56 Å². The zero-order valence-corrected chi connectivity index (χ0v) is 14.2. The first-order chi connectivity index (χ1) is 10.1. The summed E-state index contributed by atoms with van der Waals surface area (Å²) in [6.07, 6.45) is 4.72. The lowest BCUT2D eigenvalue weighted by Gasteiger charge is -2.18. The van der Waals surface area contributed by atoms with E-state index in [0.29, 0.717) is 0 Å². The van der Waals surface area contributed by atoms with Crippen LogP contribution in [-0.4, -0.2) is 18.1 Å². The molecule has 0 amide bonds. The van der Waals surface area contributed by atoms with E-state index in [1.54, 1.807) is 6.20 Å². The zero-order chi connectivity index (χ0) is 15.2. The molecule has 112 valence electrons. The summed E-state index contributed by atoms with van der Waals surface area (Å²) in [5.74, 6) is 0.818. The molecule has 0 aliphatic carbocycles. The molecule has 0 saturated heterocycles. The van der Waals surface area contributed by atoms with Crippen LogP contribution in [0.1, 0.15) is 31.0 Å². The Labute approximate surface area is 134 Å². The summed E-state index contributed by atoms with van der Waals surface area (Å²) in [5.41, 5.74) is 2.42. The third kappa shape index (κ3) is 4.83. The lowest BCUT2D eigenvalue weighted by Crippen LogP contribution is -2.19. The smallest absolute Gasteiger partial charge is 0.138 e. The highest BCUT2D eigenvalue weighted by Crippen LogP contribution is 2.22. The highest BCUT2D eigenvalue weighted by Gasteiger charge is 2.12. The first-order valence-corrected chi connectivity index (χ1v) is 7.91. The Morgan fingerprint density at radius 2 is 1.90 bits per heavy atom. The van der Waals surface area contributed by atoms with E-state index < -0.39 is 0 Å². The number of hydrogen-bond acceptors (Lipinski definition) is 3. The number of halogens is 1.